The number of para-hydroxylation sites is 1. The second-order valence-electron chi connectivity index (χ2n) is 7.78. The van der Waals surface area contributed by atoms with E-state index in [2.05, 4.69) is 10.1 Å². The zero-order chi connectivity index (χ0) is 23.9. The molecule has 0 aliphatic rings. The van der Waals surface area contributed by atoms with Gasteiger partial charge >= 0.3 is 0 Å². The van der Waals surface area contributed by atoms with Crippen molar-refractivity contribution in [1.29, 1.82) is 0 Å². The van der Waals surface area contributed by atoms with Gasteiger partial charge in [-0.1, -0.05) is 53.3 Å². The van der Waals surface area contributed by atoms with Crippen LogP contribution in [0, 0.1) is 5.82 Å². The summed E-state index contributed by atoms with van der Waals surface area (Å²) in [6.07, 6.45) is 3.62. The third-order valence-electron chi connectivity index (χ3n) is 5.43. The molecule has 0 aliphatic heterocycles. The molecule has 0 atom stereocenters. The lowest BCUT2D eigenvalue weighted by atomic mass is 10.1. The Morgan fingerprint density at radius 3 is 2.46 bits per heavy atom. The third-order valence-corrected chi connectivity index (χ3v) is 6.63. The number of fused-ring (bicyclic) bond motifs is 1. The van der Waals surface area contributed by atoms with Crippen molar-refractivity contribution in [2.45, 2.75) is 0 Å². The van der Waals surface area contributed by atoms with Crippen LogP contribution in [0.4, 0.5) is 4.39 Å². The zero-order valence-electron chi connectivity index (χ0n) is 18.0. The topological polar surface area (TPSA) is 65.1 Å². The lowest BCUT2D eigenvalue weighted by molar-refractivity contribution is 0.628. The molecule has 6 aromatic rings. The summed E-state index contributed by atoms with van der Waals surface area (Å²) in [5, 5.41) is 9.69. The summed E-state index contributed by atoms with van der Waals surface area (Å²) in [5.74, 6) is 0.107. The number of aromatic nitrogens is 5. The summed E-state index contributed by atoms with van der Waals surface area (Å²) in [6.45, 7) is 0. The van der Waals surface area contributed by atoms with E-state index in [4.69, 9.17) is 16.7 Å². The fraction of sp³-hybridized carbons (Fsp3) is 0. The first-order valence-electron chi connectivity index (χ1n) is 10.6. The summed E-state index contributed by atoms with van der Waals surface area (Å²) >= 11 is 7.32. The van der Waals surface area contributed by atoms with Crippen molar-refractivity contribution in [1.82, 2.24) is 24.4 Å². The molecule has 0 saturated carbocycles. The van der Waals surface area contributed by atoms with Crippen LogP contribution in [0.15, 0.2) is 89.9 Å². The molecule has 0 N–H and O–H groups in total. The van der Waals surface area contributed by atoms with Crippen molar-refractivity contribution in [3.8, 4) is 28.3 Å². The first-order chi connectivity index (χ1) is 17.0. The van der Waals surface area contributed by atoms with Crippen LogP contribution >= 0.6 is 22.9 Å². The van der Waals surface area contributed by atoms with Gasteiger partial charge in [-0.3, -0.25) is 4.79 Å². The quantitative estimate of drug-likeness (QED) is 0.342. The van der Waals surface area contributed by atoms with E-state index in [1.165, 1.54) is 28.0 Å². The highest BCUT2D eigenvalue weighted by Gasteiger charge is 2.15. The largest absolute Gasteiger partial charge is 0.291 e. The van der Waals surface area contributed by atoms with E-state index in [0.717, 1.165) is 22.4 Å². The Hall–Kier alpha value is -4.14. The van der Waals surface area contributed by atoms with Gasteiger partial charge in [-0.25, -0.2) is 9.07 Å². The van der Waals surface area contributed by atoms with Crippen LogP contribution in [0.2, 0.25) is 5.02 Å². The normalized spacial score (nSPS) is 12.0. The van der Waals surface area contributed by atoms with Gasteiger partial charge in [-0.2, -0.15) is 14.6 Å². The number of thiazole rings is 1. The maximum atomic E-state index is 13.5. The number of benzene rings is 3. The van der Waals surface area contributed by atoms with Crippen LogP contribution in [0.3, 0.4) is 0 Å². The number of hydrogen-bond donors (Lipinski definition) is 0. The van der Waals surface area contributed by atoms with E-state index >= 15 is 0 Å². The monoisotopic (exact) mass is 499 g/mol. The lowest BCUT2D eigenvalue weighted by Gasteiger charge is -2.00. The molecular weight excluding hydrogens is 485 g/mol. The smallest absolute Gasteiger partial charge is 0.266 e. The minimum atomic E-state index is -0.329. The Morgan fingerprint density at radius 2 is 1.71 bits per heavy atom. The highest BCUT2D eigenvalue weighted by atomic mass is 35.5. The van der Waals surface area contributed by atoms with Gasteiger partial charge < -0.3 is 0 Å². The second-order valence-corrected chi connectivity index (χ2v) is 9.22. The van der Waals surface area contributed by atoms with Crippen molar-refractivity contribution < 1.29 is 4.39 Å². The van der Waals surface area contributed by atoms with Crippen LogP contribution in [-0.2, 0) is 0 Å². The molecule has 0 saturated heterocycles. The molecule has 170 valence electrons. The molecule has 3 aromatic heterocycles. The fourth-order valence-electron chi connectivity index (χ4n) is 3.76. The number of hydrogen-bond acceptors (Lipinski definition) is 5. The summed E-state index contributed by atoms with van der Waals surface area (Å²) in [6, 6.07) is 22.9. The first kappa shape index (κ1) is 21.4. The van der Waals surface area contributed by atoms with Crippen molar-refractivity contribution in [3.05, 3.63) is 116 Å². The number of halogens is 2. The molecular formula is C26H15ClFN5OS. The molecule has 0 amide bonds. The van der Waals surface area contributed by atoms with Gasteiger partial charge in [0.25, 0.3) is 5.56 Å². The molecule has 3 aromatic carbocycles. The Bertz CT molecular complexity index is 1790. The summed E-state index contributed by atoms with van der Waals surface area (Å²) in [7, 11) is 0. The highest BCUT2D eigenvalue weighted by Crippen LogP contribution is 2.25. The average Bonchev–Trinajstić information content (AvgIpc) is 3.56. The van der Waals surface area contributed by atoms with Crippen molar-refractivity contribution in [2.24, 2.45) is 0 Å². The zero-order valence-corrected chi connectivity index (χ0v) is 19.5. The van der Waals surface area contributed by atoms with Gasteiger partial charge in [-0.15, -0.1) is 5.10 Å². The van der Waals surface area contributed by atoms with Crippen LogP contribution < -0.4 is 10.1 Å². The van der Waals surface area contributed by atoms with Gasteiger partial charge in [0.05, 0.1) is 10.2 Å². The Kier molecular flexibility index (Phi) is 5.24. The van der Waals surface area contributed by atoms with Gasteiger partial charge in [0, 0.05) is 27.9 Å². The van der Waals surface area contributed by atoms with Crippen molar-refractivity contribution in [2.75, 3.05) is 0 Å². The molecule has 35 heavy (non-hydrogen) atoms. The van der Waals surface area contributed by atoms with E-state index in [-0.39, 0.29) is 11.4 Å². The summed E-state index contributed by atoms with van der Waals surface area (Å²) in [4.78, 5) is 18.2. The van der Waals surface area contributed by atoms with Crippen LogP contribution in [-0.4, -0.2) is 24.4 Å². The van der Waals surface area contributed by atoms with Crippen LogP contribution in [0.5, 0.6) is 0 Å². The number of rotatable bonds is 4. The number of nitrogens with zero attached hydrogens (tertiary/aromatic N) is 5. The third kappa shape index (κ3) is 4.03. The predicted octanol–water partition coefficient (Wildman–Crippen LogP) is 5.01. The molecule has 0 unspecified atom stereocenters. The molecule has 6 nitrogen and oxygen atoms in total. The first-order valence-corrected chi connectivity index (χ1v) is 11.8. The minimum Gasteiger partial charge on any atom is -0.266 e. The van der Waals surface area contributed by atoms with Gasteiger partial charge in [0.15, 0.2) is 5.82 Å². The average molecular weight is 500 g/mol. The van der Waals surface area contributed by atoms with Gasteiger partial charge in [-0.05, 0) is 54.6 Å². The molecule has 3 heterocycles. The molecule has 0 bridgehead atoms. The molecule has 0 aliphatic carbocycles. The van der Waals surface area contributed by atoms with E-state index in [1.807, 2.05) is 48.7 Å². The van der Waals surface area contributed by atoms with Crippen LogP contribution in [0.25, 0.3) is 39.4 Å². The molecule has 0 fully saturated rings. The van der Waals surface area contributed by atoms with Crippen molar-refractivity contribution >= 4 is 34.0 Å². The predicted molar refractivity (Wildman–Crippen MR) is 135 cm³/mol. The minimum absolute atomic E-state index is 0.275. The Balaban J connectivity index is 1.49. The molecule has 9 heteroatoms. The molecule has 0 spiro atoms. The summed E-state index contributed by atoms with van der Waals surface area (Å²) < 4.78 is 17.0. The van der Waals surface area contributed by atoms with Gasteiger partial charge in [0.1, 0.15) is 11.5 Å². The standard InChI is InChI=1S/C26H15ClFN5OS/c27-19-6-4-5-17(13-19)24-29-26-33(31-24)25(34)22(35-26)14-18-15-32(21-7-2-1-3-8-21)30-23(18)16-9-11-20(28)12-10-16/h1-15H. The SMILES string of the molecule is O=c1c(=Cc2cn(-c3ccccc3)nc2-c2ccc(F)cc2)sc2nc(-c3cccc(Cl)c3)nn12. The van der Waals surface area contributed by atoms with E-state index in [1.54, 1.807) is 35.0 Å². The molecule has 0 radical (unpaired) electrons. The van der Waals surface area contributed by atoms with Gasteiger partial charge in [0.2, 0.25) is 4.96 Å². The van der Waals surface area contributed by atoms with E-state index in [9.17, 15) is 9.18 Å². The van der Waals surface area contributed by atoms with Crippen LogP contribution in [0.1, 0.15) is 5.56 Å². The molecule has 6 rings (SSSR count). The Labute approximate surface area is 207 Å². The summed E-state index contributed by atoms with van der Waals surface area (Å²) in [5.41, 5.74) is 3.42. The van der Waals surface area contributed by atoms with Crippen molar-refractivity contribution in [3.63, 3.8) is 0 Å². The highest BCUT2D eigenvalue weighted by molar-refractivity contribution is 7.15. The lowest BCUT2D eigenvalue weighted by Crippen LogP contribution is -2.23. The second kappa shape index (κ2) is 8.57. The maximum Gasteiger partial charge on any atom is 0.291 e. The fourth-order valence-corrected chi connectivity index (χ4v) is 4.85. The van der Waals surface area contributed by atoms with E-state index < -0.39 is 0 Å². The van der Waals surface area contributed by atoms with E-state index in [0.29, 0.717) is 26.0 Å². The Morgan fingerprint density at radius 1 is 0.914 bits per heavy atom. The maximum absolute atomic E-state index is 13.5.